The molecule has 1 unspecified atom stereocenters. The molecule has 0 spiro atoms. The molecule has 0 aliphatic carbocycles. The molecule has 0 amide bonds. The first-order valence-electron chi connectivity index (χ1n) is 27.4. The summed E-state index contributed by atoms with van der Waals surface area (Å²) in [7, 11) is -4.65. The molecule has 0 saturated carbocycles. The van der Waals surface area contributed by atoms with Gasteiger partial charge in [-0.2, -0.15) is 0 Å². The van der Waals surface area contributed by atoms with Crippen molar-refractivity contribution < 1.29 is 65.8 Å². The average Bonchev–Trinajstić information content (AvgIpc) is 1.52. The number of carboxylic acids is 2. The van der Waals surface area contributed by atoms with Crippen molar-refractivity contribution >= 4 is 105 Å². The minimum atomic E-state index is -3.65. The number of hydrogen-bond donors (Lipinski definition) is 7. The van der Waals surface area contributed by atoms with Crippen molar-refractivity contribution in [2.24, 2.45) is 0 Å². The molecular formula is C61H77CaClF2N8O12S2. The monoisotopic (exact) mass is 1290 g/mol. The number of anilines is 2. The fraction of sp³-hybridized carbons (Fsp3) is 0.377. The molecule has 20 nitrogen and oxygen atoms in total. The molecule has 0 radical (unpaired) electrons. The van der Waals surface area contributed by atoms with E-state index in [1.54, 1.807) is 0 Å². The second-order valence-corrected chi connectivity index (χ2v) is 25.6. The van der Waals surface area contributed by atoms with E-state index in [0.29, 0.717) is 51.1 Å². The van der Waals surface area contributed by atoms with E-state index in [0.717, 1.165) is 52.3 Å². The normalized spacial score (nSPS) is 14.7. The molecule has 26 heteroatoms. The number of nitrogens with one attached hydrogen (secondary N) is 1. The Bertz CT molecular complexity index is 3320. The van der Waals surface area contributed by atoms with Crippen LogP contribution in [0, 0.1) is 11.6 Å². The third-order valence-electron chi connectivity index (χ3n) is 13.4. The van der Waals surface area contributed by atoms with Gasteiger partial charge in [-0.3, -0.25) is 14.5 Å². The Balaban J connectivity index is 0.000000286. The molecule has 7 N–H and O–H groups in total. The van der Waals surface area contributed by atoms with E-state index in [1.165, 1.54) is 98.1 Å². The number of halogens is 3. The first-order valence-corrected chi connectivity index (χ1v) is 31.5. The summed E-state index contributed by atoms with van der Waals surface area (Å²) in [6.07, 6.45) is 1.72. The van der Waals surface area contributed by atoms with Gasteiger partial charge >= 0.3 is 49.7 Å². The van der Waals surface area contributed by atoms with Crippen molar-refractivity contribution in [3.63, 3.8) is 0 Å². The van der Waals surface area contributed by atoms with Gasteiger partial charge in [0.25, 0.3) is 0 Å². The SMILES string of the molecule is CC(C)c1nc(N(C)S(C)(=O)=O)nc(-c2ccc(F)cc2)c1C=C[C@@H](O)C[C@@H](O)CC(=O)O.CC(C)c1nc(N(C)S(C)(=O)=O)nc(-c2ccc(F)cc2)c1C=C[C@@H](O)C[C@@H](O)CC(=O)O.Clc1ccc(C(c2ccccc2)N2CCNCC2)cc1.[CaH2]. The summed E-state index contributed by atoms with van der Waals surface area (Å²) in [4.78, 5) is 41.7. The first kappa shape index (κ1) is 73.6. The van der Waals surface area contributed by atoms with Crippen molar-refractivity contribution in [3.8, 4) is 22.5 Å². The molecular weight excluding hydrogens is 1210 g/mol. The molecule has 2 aromatic heterocycles. The zero-order valence-electron chi connectivity index (χ0n) is 49.0. The molecule has 4 aromatic carbocycles. The molecule has 7 rings (SSSR count). The van der Waals surface area contributed by atoms with E-state index in [2.05, 4.69) is 72.6 Å². The van der Waals surface area contributed by atoms with Crippen LogP contribution in [0.25, 0.3) is 34.7 Å². The second-order valence-electron chi connectivity index (χ2n) is 21.1. The molecule has 87 heavy (non-hydrogen) atoms. The Morgan fingerprint density at radius 1 is 0.609 bits per heavy atom. The molecule has 5 atom stereocenters. The number of piperazine rings is 1. The van der Waals surface area contributed by atoms with E-state index < -0.39 is 80.9 Å². The Morgan fingerprint density at radius 3 is 1.32 bits per heavy atom. The van der Waals surface area contributed by atoms with Gasteiger partial charge in [-0.05, 0) is 83.6 Å². The fourth-order valence-corrected chi connectivity index (χ4v) is 9.81. The average molecular weight is 1290 g/mol. The van der Waals surface area contributed by atoms with Gasteiger partial charge in [0.05, 0.1) is 78.6 Å². The number of benzene rings is 4. The zero-order valence-corrected chi connectivity index (χ0v) is 51.4. The number of aliphatic hydroxyl groups is 4. The van der Waals surface area contributed by atoms with Crippen molar-refractivity contribution in [1.29, 1.82) is 0 Å². The van der Waals surface area contributed by atoms with E-state index in [4.69, 9.17) is 21.8 Å². The molecule has 1 aliphatic heterocycles. The van der Waals surface area contributed by atoms with Crippen molar-refractivity contribution in [1.82, 2.24) is 30.2 Å². The van der Waals surface area contributed by atoms with Crippen LogP contribution >= 0.6 is 11.6 Å². The predicted molar refractivity (Wildman–Crippen MR) is 338 cm³/mol. The van der Waals surface area contributed by atoms with Crippen molar-refractivity contribution in [2.45, 2.75) is 95.7 Å². The topological polar surface area (TPSA) is 297 Å². The zero-order chi connectivity index (χ0) is 63.6. The number of carbonyl (C=O) groups is 2. The Morgan fingerprint density at radius 2 is 0.977 bits per heavy atom. The number of sulfonamides is 2. The Labute approximate surface area is 542 Å². The third kappa shape index (κ3) is 22.9. The standard InChI is InChI=1S/2C22H28FN3O6S.C17H19ClN2.Ca.2H/c2*1-13(2)20-18(10-9-16(27)11-17(28)12-19(29)30)21(14-5-7-15(23)8-6-14)25-22(24-20)26(3)33(4,31)32;18-16-8-6-15(7-9-16)17(14-4-2-1-3-5-14)20-12-10-19-11-13-20;;;/h2*5-10,13,16-17,27-28H,11-12H2,1-4H3,(H,29,30);1-9,17,19H,10-13H2;;;/t2*16-,17-;;;;/m11..../s1. The van der Waals surface area contributed by atoms with Crippen molar-refractivity contribution in [2.75, 3.05) is 61.4 Å². The Hall–Kier alpha value is -5.87. The molecule has 6 aromatic rings. The number of nitrogens with zero attached hydrogens (tertiary/aromatic N) is 7. The van der Waals surface area contributed by atoms with E-state index in [-0.39, 0.29) is 74.3 Å². The summed E-state index contributed by atoms with van der Waals surface area (Å²) < 4.78 is 77.2. The van der Waals surface area contributed by atoms with Crippen LogP contribution in [0.4, 0.5) is 20.7 Å². The third-order valence-corrected chi connectivity index (χ3v) is 16.0. The van der Waals surface area contributed by atoms with Gasteiger partial charge < -0.3 is 36.0 Å². The molecule has 1 fully saturated rings. The van der Waals surface area contributed by atoms with E-state index >= 15 is 0 Å². The van der Waals surface area contributed by atoms with Crippen LogP contribution in [-0.4, -0.2) is 199 Å². The molecule has 1 aliphatic rings. The van der Waals surface area contributed by atoms with Crippen molar-refractivity contribution in [3.05, 3.63) is 166 Å². The number of carboxylic acid groups (broad SMARTS) is 2. The van der Waals surface area contributed by atoms with Crippen LogP contribution < -0.4 is 13.9 Å². The first-order chi connectivity index (χ1) is 40.4. The molecule has 3 heterocycles. The van der Waals surface area contributed by atoms with Crippen LogP contribution in [-0.2, 0) is 29.6 Å². The maximum absolute atomic E-state index is 13.5. The van der Waals surface area contributed by atoms with Crippen LogP contribution in [0.3, 0.4) is 0 Å². The van der Waals surface area contributed by atoms with Gasteiger partial charge in [-0.1, -0.05) is 106 Å². The summed E-state index contributed by atoms with van der Waals surface area (Å²) in [6, 6.07) is 30.2. The van der Waals surface area contributed by atoms with Crippen LogP contribution in [0.15, 0.2) is 115 Å². The number of hydrogen-bond acceptors (Lipinski definition) is 16. The predicted octanol–water partition coefficient (Wildman–Crippen LogP) is 7.22. The van der Waals surface area contributed by atoms with E-state index in [9.17, 15) is 55.6 Å². The van der Waals surface area contributed by atoms with Gasteiger partial charge in [-0.15, -0.1) is 0 Å². The quantitative estimate of drug-likeness (QED) is 0.0311. The number of rotatable bonds is 23. The minimum absolute atomic E-state index is 0. The summed E-state index contributed by atoms with van der Waals surface area (Å²) in [5.41, 5.74) is 6.26. The Kier molecular flexibility index (Phi) is 28.9. The molecule has 1 saturated heterocycles. The van der Waals surface area contributed by atoms with Gasteiger partial charge in [0.1, 0.15) is 11.6 Å². The summed E-state index contributed by atoms with van der Waals surface area (Å²) in [5, 5.41) is 61.8. The maximum atomic E-state index is 13.5. The summed E-state index contributed by atoms with van der Waals surface area (Å²) >= 11 is 6.02. The molecule has 468 valence electrons. The van der Waals surface area contributed by atoms with E-state index in [1.807, 2.05) is 39.8 Å². The van der Waals surface area contributed by atoms with Gasteiger partial charge in [-0.25, -0.2) is 54.2 Å². The summed E-state index contributed by atoms with van der Waals surface area (Å²) in [6.45, 7) is 11.7. The van der Waals surface area contributed by atoms with Gasteiger partial charge in [0, 0.05) is 80.4 Å². The van der Waals surface area contributed by atoms with Crippen LogP contribution in [0.2, 0.25) is 5.02 Å². The number of aliphatic carboxylic acids is 2. The number of aromatic nitrogens is 4. The van der Waals surface area contributed by atoms with Crippen LogP contribution in [0.5, 0.6) is 0 Å². The van der Waals surface area contributed by atoms with Gasteiger partial charge in [0.2, 0.25) is 31.9 Å². The summed E-state index contributed by atoms with van der Waals surface area (Å²) in [5.74, 6) is -3.74. The fourth-order valence-electron chi connectivity index (χ4n) is 8.93. The van der Waals surface area contributed by atoms with Gasteiger partial charge in [0.15, 0.2) is 0 Å². The number of aliphatic hydroxyl groups excluding tert-OH is 4. The molecule has 0 bridgehead atoms. The van der Waals surface area contributed by atoms with Crippen LogP contribution in [0.1, 0.15) is 105 Å². The second kappa shape index (κ2) is 34.2.